The van der Waals surface area contributed by atoms with Crippen LogP contribution in [0.5, 0.6) is 0 Å². The van der Waals surface area contributed by atoms with Crippen molar-refractivity contribution in [2.75, 3.05) is 13.6 Å². The Bertz CT molecular complexity index is 661. The lowest BCUT2D eigenvalue weighted by molar-refractivity contribution is 0.0942. The van der Waals surface area contributed by atoms with Crippen LogP contribution in [0.2, 0.25) is 0 Å². The molecular formula is C17H21FN2O. The molecule has 1 heterocycles. The van der Waals surface area contributed by atoms with E-state index in [1.54, 1.807) is 6.07 Å². The first-order valence-electron chi connectivity index (χ1n) is 6.97. The Morgan fingerprint density at radius 1 is 1.29 bits per heavy atom. The average molecular weight is 288 g/mol. The minimum Gasteiger partial charge on any atom is -0.351 e. The molecule has 0 saturated carbocycles. The van der Waals surface area contributed by atoms with Gasteiger partial charge in [-0.2, -0.15) is 0 Å². The summed E-state index contributed by atoms with van der Waals surface area (Å²) in [5.41, 5.74) is 3.69. The van der Waals surface area contributed by atoms with Crippen molar-refractivity contribution in [2.24, 2.45) is 7.05 Å². The van der Waals surface area contributed by atoms with E-state index < -0.39 is 0 Å². The Morgan fingerprint density at radius 3 is 2.57 bits per heavy atom. The van der Waals surface area contributed by atoms with Crippen molar-refractivity contribution >= 4 is 5.78 Å². The summed E-state index contributed by atoms with van der Waals surface area (Å²) in [5, 5.41) is 0. The van der Waals surface area contributed by atoms with Crippen LogP contribution in [0.15, 0.2) is 30.3 Å². The molecule has 2 rings (SSSR count). The second-order valence-corrected chi connectivity index (χ2v) is 5.57. The molecule has 2 aromatic rings. The molecule has 0 aliphatic rings. The predicted molar refractivity (Wildman–Crippen MR) is 82.0 cm³/mol. The highest BCUT2D eigenvalue weighted by Crippen LogP contribution is 2.15. The number of nitrogens with zero attached hydrogens (tertiary/aromatic N) is 2. The summed E-state index contributed by atoms with van der Waals surface area (Å²) in [7, 11) is 3.83. The van der Waals surface area contributed by atoms with Gasteiger partial charge in [-0.3, -0.25) is 9.69 Å². The zero-order chi connectivity index (χ0) is 15.6. The van der Waals surface area contributed by atoms with Crippen molar-refractivity contribution in [3.8, 4) is 0 Å². The van der Waals surface area contributed by atoms with Gasteiger partial charge in [0.05, 0.1) is 6.54 Å². The van der Waals surface area contributed by atoms with Crippen molar-refractivity contribution < 1.29 is 9.18 Å². The van der Waals surface area contributed by atoms with Crippen LogP contribution in [-0.4, -0.2) is 28.8 Å². The maximum absolute atomic E-state index is 13.2. The molecule has 0 N–H and O–H groups in total. The average Bonchev–Trinajstić information content (AvgIpc) is 2.66. The highest BCUT2D eigenvalue weighted by Gasteiger charge is 2.15. The number of aryl methyl sites for hydroxylation is 1. The Hall–Kier alpha value is -1.94. The highest BCUT2D eigenvalue weighted by molar-refractivity contribution is 5.99. The van der Waals surface area contributed by atoms with Gasteiger partial charge in [-0.15, -0.1) is 0 Å². The molecule has 0 radical (unpaired) electrons. The van der Waals surface area contributed by atoms with E-state index in [-0.39, 0.29) is 11.6 Å². The van der Waals surface area contributed by atoms with Gasteiger partial charge < -0.3 is 4.57 Å². The predicted octanol–water partition coefficient (Wildman–Crippen LogP) is 3.10. The summed E-state index contributed by atoms with van der Waals surface area (Å²) in [6.07, 6.45) is 0. The number of hydrogen-bond donors (Lipinski definition) is 0. The smallest absolute Gasteiger partial charge is 0.178 e. The molecule has 0 fully saturated rings. The largest absolute Gasteiger partial charge is 0.351 e. The zero-order valence-electron chi connectivity index (χ0n) is 13.0. The maximum atomic E-state index is 13.2. The topological polar surface area (TPSA) is 25.2 Å². The van der Waals surface area contributed by atoms with E-state index >= 15 is 0 Å². The van der Waals surface area contributed by atoms with E-state index in [9.17, 15) is 9.18 Å². The second-order valence-electron chi connectivity index (χ2n) is 5.57. The van der Waals surface area contributed by atoms with Crippen LogP contribution >= 0.6 is 0 Å². The SMILES string of the molecule is Cc1cc(C(=O)CN(C)Cc2cccc(F)c2)c(C)n1C. The Balaban J connectivity index is 2.03. The number of halogens is 1. The monoisotopic (exact) mass is 288 g/mol. The van der Waals surface area contributed by atoms with E-state index in [2.05, 4.69) is 0 Å². The first-order valence-corrected chi connectivity index (χ1v) is 6.97. The molecule has 4 heteroatoms. The number of rotatable bonds is 5. The zero-order valence-corrected chi connectivity index (χ0v) is 13.0. The molecule has 1 aromatic carbocycles. The van der Waals surface area contributed by atoms with Crippen LogP contribution in [0.3, 0.4) is 0 Å². The van der Waals surface area contributed by atoms with Crippen LogP contribution in [0.25, 0.3) is 0 Å². The molecule has 0 amide bonds. The second kappa shape index (κ2) is 6.22. The third kappa shape index (κ3) is 3.58. The van der Waals surface area contributed by atoms with Crippen LogP contribution < -0.4 is 0 Å². The molecule has 3 nitrogen and oxygen atoms in total. The number of Topliss-reactive ketones (excluding diaryl/α,β-unsaturated/α-hetero) is 1. The molecule has 0 atom stereocenters. The van der Waals surface area contributed by atoms with Gasteiger partial charge >= 0.3 is 0 Å². The van der Waals surface area contributed by atoms with Gasteiger partial charge in [0, 0.05) is 30.5 Å². The van der Waals surface area contributed by atoms with E-state index in [0.717, 1.165) is 22.5 Å². The first kappa shape index (κ1) is 15.4. The van der Waals surface area contributed by atoms with Crippen LogP contribution in [0.4, 0.5) is 4.39 Å². The minimum atomic E-state index is -0.248. The van der Waals surface area contributed by atoms with Gasteiger partial charge in [0.15, 0.2) is 5.78 Å². The van der Waals surface area contributed by atoms with Gasteiger partial charge in [0.25, 0.3) is 0 Å². The molecule has 112 valence electrons. The van der Waals surface area contributed by atoms with Crippen LogP contribution in [-0.2, 0) is 13.6 Å². The van der Waals surface area contributed by atoms with Crippen molar-refractivity contribution in [1.29, 1.82) is 0 Å². The maximum Gasteiger partial charge on any atom is 0.178 e. The fourth-order valence-corrected chi connectivity index (χ4v) is 2.47. The van der Waals surface area contributed by atoms with Gasteiger partial charge in [-0.1, -0.05) is 12.1 Å². The van der Waals surface area contributed by atoms with Crippen molar-refractivity contribution in [3.63, 3.8) is 0 Å². The number of aromatic nitrogens is 1. The normalized spacial score (nSPS) is 11.1. The Labute approximate surface area is 125 Å². The standard InChI is InChI=1S/C17H21FN2O/c1-12-8-16(13(2)20(12)4)17(21)11-19(3)10-14-6-5-7-15(18)9-14/h5-9H,10-11H2,1-4H3. The summed E-state index contributed by atoms with van der Waals surface area (Å²) in [4.78, 5) is 14.3. The molecule has 0 saturated heterocycles. The highest BCUT2D eigenvalue weighted by atomic mass is 19.1. The van der Waals surface area contributed by atoms with Gasteiger partial charge in [-0.05, 0) is 44.7 Å². The fourth-order valence-electron chi connectivity index (χ4n) is 2.47. The third-order valence-electron chi connectivity index (χ3n) is 3.83. The van der Waals surface area contributed by atoms with E-state index in [1.807, 2.05) is 49.5 Å². The molecule has 0 bridgehead atoms. The Kier molecular flexibility index (Phi) is 4.58. The number of ketones is 1. The fraction of sp³-hybridized carbons (Fsp3) is 0.353. The molecule has 0 spiro atoms. The van der Waals surface area contributed by atoms with Crippen molar-refractivity contribution in [3.05, 3.63) is 58.7 Å². The third-order valence-corrected chi connectivity index (χ3v) is 3.83. The number of likely N-dealkylation sites (N-methyl/N-ethyl adjacent to an activating group) is 1. The summed E-state index contributed by atoms with van der Waals surface area (Å²) >= 11 is 0. The number of benzene rings is 1. The minimum absolute atomic E-state index is 0.0927. The molecule has 21 heavy (non-hydrogen) atoms. The molecule has 1 aromatic heterocycles. The number of carbonyl (C=O) groups is 1. The summed E-state index contributed by atoms with van der Waals surface area (Å²) in [6.45, 7) is 4.81. The summed E-state index contributed by atoms with van der Waals surface area (Å²) in [6, 6.07) is 8.39. The number of hydrogen-bond acceptors (Lipinski definition) is 2. The lowest BCUT2D eigenvalue weighted by Crippen LogP contribution is -2.26. The van der Waals surface area contributed by atoms with Crippen molar-refractivity contribution in [1.82, 2.24) is 9.47 Å². The van der Waals surface area contributed by atoms with Crippen molar-refractivity contribution in [2.45, 2.75) is 20.4 Å². The van der Waals surface area contributed by atoms with E-state index in [4.69, 9.17) is 0 Å². The van der Waals surface area contributed by atoms with Gasteiger partial charge in [-0.25, -0.2) is 4.39 Å². The molecule has 0 unspecified atom stereocenters. The molecule has 0 aliphatic heterocycles. The quantitative estimate of drug-likeness (QED) is 0.790. The van der Waals surface area contributed by atoms with Crippen LogP contribution in [0.1, 0.15) is 27.3 Å². The van der Waals surface area contributed by atoms with E-state index in [1.165, 1.54) is 12.1 Å². The van der Waals surface area contributed by atoms with E-state index in [0.29, 0.717) is 13.1 Å². The lowest BCUT2D eigenvalue weighted by atomic mass is 10.1. The van der Waals surface area contributed by atoms with Crippen LogP contribution in [0, 0.1) is 19.7 Å². The first-order chi connectivity index (χ1) is 9.88. The molecule has 0 aliphatic carbocycles. The lowest BCUT2D eigenvalue weighted by Gasteiger charge is -2.16. The summed E-state index contributed by atoms with van der Waals surface area (Å²) in [5.74, 6) is -0.156. The number of carbonyl (C=O) groups excluding carboxylic acids is 1. The molecular weight excluding hydrogens is 267 g/mol. The van der Waals surface area contributed by atoms with Gasteiger partial charge in [0.2, 0.25) is 0 Å². The Morgan fingerprint density at radius 2 is 2.00 bits per heavy atom. The summed E-state index contributed by atoms with van der Waals surface area (Å²) < 4.78 is 15.2. The van der Waals surface area contributed by atoms with Gasteiger partial charge in [0.1, 0.15) is 5.82 Å².